The summed E-state index contributed by atoms with van der Waals surface area (Å²) in [6.45, 7) is 9.92. The molecule has 0 fully saturated rings. The quantitative estimate of drug-likeness (QED) is 0.269. The number of carbonyl (C=O) groups is 3. The van der Waals surface area contributed by atoms with Crippen molar-refractivity contribution in [2.45, 2.75) is 84.4 Å². The molecule has 9 nitrogen and oxygen atoms in total. The first-order valence-corrected chi connectivity index (χ1v) is 13.6. The number of aromatic hydroxyl groups is 2. The zero-order valence-electron chi connectivity index (χ0n) is 23.7. The molecule has 0 heterocycles. The average molecular weight is 542 g/mol. The van der Waals surface area contributed by atoms with E-state index in [-0.39, 0.29) is 30.4 Å². The van der Waals surface area contributed by atoms with Crippen LogP contribution < -0.4 is 10.6 Å². The molecule has 4 N–H and O–H groups in total. The van der Waals surface area contributed by atoms with E-state index in [1.165, 1.54) is 29.2 Å². The lowest BCUT2D eigenvalue weighted by Crippen LogP contribution is -2.54. The van der Waals surface area contributed by atoms with E-state index < -0.39 is 29.7 Å². The Morgan fingerprint density at radius 1 is 0.897 bits per heavy atom. The number of alkyl carbamates (subject to hydrolysis) is 1. The highest BCUT2D eigenvalue weighted by Crippen LogP contribution is 2.26. The summed E-state index contributed by atoms with van der Waals surface area (Å²) in [4.78, 5) is 41.9. The van der Waals surface area contributed by atoms with Crippen LogP contribution in [0.4, 0.5) is 4.79 Å². The van der Waals surface area contributed by atoms with Gasteiger partial charge in [-0.3, -0.25) is 9.59 Å². The second-order valence-electron chi connectivity index (χ2n) is 10.6. The van der Waals surface area contributed by atoms with Crippen LogP contribution in [-0.2, 0) is 20.7 Å². The molecule has 0 spiro atoms. The highest BCUT2D eigenvalue weighted by Gasteiger charge is 2.36. The van der Waals surface area contributed by atoms with Crippen LogP contribution in [0.25, 0.3) is 0 Å². The first-order valence-electron chi connectivity index (χ1n) is 13.6. The molecule has 3 amide bonds. The molecular formula is C30H43N3O6. The third kappa shape index (κ3) is 10.5. The molecule has 9 heteroatoms. The van der Waals surface area contributed by atoms with Gasteiger partial charge in [-0.15, -0.1) is 0 Å². The van der Waals surface area contributed by atoms with Gasteiger partial charge in [0.25, 0.3) is 0 Å². The highest BCUT2D eigenvalue weighted by molar-refractivity contribution is 5.92. The van der Waals surface area contributed by atoms with Crippen molar-refractivity contribution in [3.05, 3.63) is 59.7 Å². The number of unbranched alkanes of at least 4 members (excludes halogenated alkanes) is 2. The summed E-state index contributed by atoms with van der Waals surface area (Å²) < 4.78 is 5.43. The molecular weight excluding hydrogens is 498 g/mol. The second-order valence-corrected chi connectivity index (χ2v) is 10.6. The molecule has 0 aliphatic rings. The van der Waals surface area contributed by atoms with Gasteiger partial charge in [0.2, 0.25) is 11.8 Å². The van der Waals surface area contributed by atoms with Gasteiger partial charge in [0, 0.05) is 19.5 Å². The summed E-state index contributed by atoms with van der Waals surface area (Å²) in [5.41, 5.74) is 0.485. The lowest BCUT2D eigenvalue weighted by atomic mass is 10.00. The third-order valence-electron chi connectivity index (χ3n) is 5.96. The fourth-order valence-electron chi connectivity index (χ4n) is 4.14. The molecule has 0 aliphatic heterocycles. The zero-order chi connectivity index (χ0) is 29.0. The smallest absolute Gasteiger partial charge is 0.408 e. The summed E-state index contributed by atoms with van der Waals surface area (Å²) in [5, 5.41) is 25.2. The fraction of sp³-hybridized carbons (Fsp3) is 0.500. The predicted octanol–water partition coefficient (Wildman–Crippen LogP) is 4.82. The Morgan fingerprint density at radius 3 is 2.03 bits per heavy atom. The standard InChI is InChI=1S/C30H43N3O6/c1-6-8-9-18-31-27(36)26(22-12-16-24(35)17-13-22)33(19-7-2)28(37)25(32-29(38)39-30(3,4)5)20-21-10-14-23(34)15-11-21/h10-17,25-26,34-35H,6-9,18-20H2,1-5H3,(H,31,36)(H,32,38). The maximum Gasteiger partial charge on any atom is 0.408 e. The van der Waals surface area contributed by atoms with E-state index in [2.05, 4.69) is 17.6 Å². The third-order valence-corrected chi connectivity index (χ3v) is 5.96. The Balaban J connectivity index is 2.46. The Morgan fingerprint density at radius 2 is 1.49 bits per heavy atom. The van der Waals surface area contributed by atoms with E-state index >= 15 is 0 Å². The molecule has 2 aromatic rings. The fourth-order valence-corrected chi connectivity index (χ4v) is 4.14. The molecule has 0 aliphatic carbocycles. The minimum atomic E-state index is -1.04. The molecule has 2 aromatic carbocycles. The number of rotatable bonds is 13. The van der Waals surface area contributed by atoms with Crippen LogP contribution in [0.5, 0.6) is 11.5 Å². The van der Waals surface area contributed by atoms with Crippen molar-refractivity contribution in [1.29, 1.82) is 0 Å². The number of hydrogen-bond acceptors (Lipinski definition) is 6. The summed E-state index contributed by atoms with van der Waals surface area (Å²) >= 11 is 0. The van der Waals surface area contributed by atoms with Crippen molar-refractivity contribution in [2.24, 2.45) is 0 Å². The zero-order valence-corrected chi connectivity index (χ0v) is 23.7. The Kier molecular flexibility index (Phi) is 12.1. The molecule has 0 saturated heterocycles. The number of nitrogens with zero attached hydrogens (tertiary/aromatic N) is 1. The van der Waals surface area contributed by atoms with E-state index in [9.17, 15) is 24.6 Å². The molecule has 214 valence electrons. The molecule has 0 radical (unpaired) electrons. The SMILES string of the molecule is CCCCCNC(=O)C(c1ccc(O)cc1)N(CCC)C(=O)C(Cc1ccc(O)cc1)NC(=O)OC(C)(C)C. The molecule has 0 aromatic heterocycles. The number of amides is 3. The van der Waals surface area contributed by atoms with Gasteiger partial charge in [0.15, 0.2) is 0 Å². The van der Waals surface area contributed by atoms with Crippen molar-refractivity contribution in [1.82, 2.24) is 15.5 Å². The van der Waals surface area contributed by atoms with Gasteiger partial charge in [0.1, 0.15) is 29.2 Å². The van der Waals surface area contributed by atoms with Gasteiger partial charge >= 0.3 is 6.09 Å². The highest BCUT2D eigenvalue weighted by atomic mass is 16.6. The van der Waals surface area contributed by atoms with Crippen LogP contribution in [0.2, 0.25) is 0 Å². The van der Waals surface area contributed by atoms with E-state index in [0.29, 0.717) is 24.1 Å². The van der Waals surface area contributed by atoms with E-state index in [0.717, 1.165) is 19.3 Å². The van der Waals surface area contributed by atoms with Gasteiger partial charge in [-0.25, -0.2) is 4.79 Å². The Hall–Kier alpha value is -3.75. The average Bonchev–Trinajstić information content (AvgIpc) is 2.87. The monoisotopic (exact) mass is 541 g/mol. The van der Waals surface area contributed by atoms with Gasteiger partial charge in [-0.2, -0.15) is 0 Å². The van der Waals surface area contributed by atoms with E-state index in [1.54, 1.807) is 45.0 Å². The summed E-state index contributed by atoms with van der Waals surface area (Å²) in [6, 6.07) is 10.6. The maximum absolute atomic E-state index is 14.1. The number of carbonyl (C=O) groups excluding carboxylic acids is 3. The number of phenols is 2. The first kappa shape index (κ1) is 31.5. The number of nitrogens with one attached hydrogen (secondary N) is 2. The first-order chi connectivity index (χ1) is 18.4. The van der Waals surface area contributed by atoms with Crippen LogP contribution in [0.3, 0.4) is 0 Å². The van der Waals surface area contributed by atoms with E-state index in [4.69, 9.17) is 4.74 Å². The van der Waals surface area contributed by atoms with Crippen LogP contribution in [0.1, 0.15) is 77.5 Å². The molecule has 0 bridgehead atoms. The summed E-state index contributed by atoms with van der Waals surface area (Å²) in [5.74, 6) is -0.649. The molecule has 2 atom stereocenters. The maximum atomic E-state index is 14.1. The van der Waals surface area contributed by atoms with Crippen LogP contribution in [-0.4, -0.2) is 57.8 Å². The number of ether oxygens (including phenoxy) is 1. The summed E-state index contributed by atoms with van der Waals surface area (Å²) in [7, 11) is 0. The molecule has 39 heavy (non-hydrogen) atoms. The Bertz CT molecular complexity index is 1060. The number of benzene rings is 2. The number of phenolic OH excluding ortho intramolecular Hbond substituents is 2. The van der Waals surface area contributed by atoms with Crippen LogP contribution in [0, 0.1) is 0 Å². The molecule has 2 rings (SSSR count). The minimum Gasteiger partial charge on any atom is -0.508 e. The lowest BCUT2D eigenvalue weighted by molar-refractivity contribution is -0.142. The van der Waals surface area contributed by atoms with Crippen molar-refractivity contribution < 1.29 is 29.3 Å². The van der Waals surface area contributed by atoms with Crippen molar-refractivity contribution in [3.63, 3.8) is 0 Å². The number of hydrogen-bond donors (Lipinski definition) is 4. The van der Waals surface area contributed by atoms with Crippen LogP contribution in [0.15, 0.2) is 48.5 Å². The van der Waals surface area contributed by atoms with Crippen molar-refractivity contribution in [3.8, 4) is 11.5 Å². The van der Waals surface area contributed by atoms with Crippen molar-refractivity contribution in [2.75, 3.05) is 13.1 Å². The van der Waals surface area contributed by atoms with Gasteiger partial charge in [0.05, 0.1) is 0 Å². The lowest BCUT2D eigenvalue weighted by Gasteiger charge is -2.34. The molecule has 0 saturated carbocycles. The molecule has 2 unspecified atom stereocenters. The van der Waals surface area contributed by atoms with Crippen LogP contribution >= 0.6 is 0 Å². The Labute approximate surface area is 231 Å². The predicted molar refractivity (Wildman–Crippen MR) is 150 cm³/mol. The van der Waals surface area contributed by atoms with Crippen molar-refractivity contribution >= 4 is 17.9 Å². The van der Waals surface area contributed by atoms with E-state index in [1.807, 2.05) is 6.92 Å². The summed E-state index contributed by atoms with van der Waals surface area (Å²) in [6.07, 6.45) is 2.74. The minimum absolute atomic E-state index is 0.0472. The van der Waals surface area contributed by atoms with Gasteiger partial charge in [-0.1, -0.05) is 51.0 Å². The van der Waals surface area contributed by atoms with Gasteiger partial charge < -0.3 is 30.5 Å². The largest absolute Gasteiger partial charge is 0.508 e. The van der Waals surface area contributed by atoms with Gasteiger partial charge in [-0.05, 0) is 69.0 Å². The second kappa shape index (κ2) is 15.0. The normalized spacial score (nSPS) is 12.7. The topological polar surface area (TPSA) is 128 Å².